The van der Waals surface area contributed by atoms with Gasteiger partial charge in [-0.3, -0.25) is 4.79 Å². The summed E-state index contributed by atoms with van der Waals surface area (Å²) in [4.78, 5) is 15.3. The van der Waals surface area contributed by atoms with E-state index in [4.69, 9.17) is 28.3 Å². The normalized spacial score (nSPS) is 12.3. The van der Waals surface area contributed by atoms with E-state index in [0.717, 1.165) is 0 Å². The molecule has 4 nitrogen and oxygen atoms in total. The third kappa shape index (κ3) is 3.66. The van der Waals surface area contributed by atoms with Crippen LogP contribution in [0.25, 0.3) is 0 Å². The summed E-state index contributed by atoms with van der Waals surface area (Å²) in [7, 11) is 0. The maximum absolute atomic E-state index is 11.5. The Morgan fingerprint density at radius 1 is 1.60 bits per heavy atom. The fraction of sp³-hybridized carbons (Fsp3) is 0.333. The van der Waals surface area contributed by atoms with Gasteiger partial charge in [-0.05, 0) is 19.1 Å². The van der Waals surface area contributed by atoms with Gasteiger partial charge in [0, 0.05) is 6.54 Å². The summed E-state index contributed by atoms with van der Waals surface area (Å²) in [5.41, 5.74) is 0.0600. The second kappa shape index (κ2) is 5.30. The number of pyridine rings is 1. The van der Waals surface area contributed by atoms with E-state index in [-0.39, 0.29) is 22.4 Å². The lowest BCUT2D eigenvalue weighted by Gasteiger charge is -2.07. The summed E-state index contributed by atoms with van der Waals surface area (Å²) in [6, 6.07) is 2.99. The van der Waals surface area contributed by atoms with Gasteiger partial charge < -0.3 is 10.4 Å². The van der Waals surface area contributed by atoms with Crippen LogP contribution < -0.4 is 5.32 Å². The van der Waals surface area contributed by atoms with E-state index in [2.05, 4.69) is 10.3 Å². The minimum atomic E-state index is -0.619. The Balaban J connectivity index is 2.77. The number of carbonyl (C=O) groups excluding carboxylic acids is 1. The number of amides is 1. The first-order valence-corrected chi connectivity index (χ1v) is 5.04. The van der Waals surface area contributed by atoms with Gasteiger partial charge >= 0.3 is 0 Å². The third-order valence-corrected chi connectivity index (χ3v) is 2.10. The maximum atomic E-state index is 11.5. The summed E-state index contributed by atoms with van der Waals surface area (Å²) in [6.07, 6.45) is -0.619. The van der Waals surface area contributed by atoms with Gasteiger partial charge in [-0.15, -0.1) is 0 Å². The Labute approximate surface area is 97.2 Å². The molecule has 1 atom stereocenters. The molecular weight excluding hydrogens is 239 g/mol. The van der Waals surface area contributed by atoms with Crippen molar-refractivity contribution >= 4 is 29.1 Å². The Morgan fingerprint density at radius 3 is 2.87 bits per heavy atom. The SMILES string of the molecule is C[C@@H](O)CNC(=O)c1nc(Cl)ccc1Cl. The fourth-order valence-corrected chi connectivity index (χ4v) is 1.24. The van der Waals surface area contributed by atoms with Crippen LogP contribution in [0, 0.1) is 0 Å². The Hall–Kier alpha value is -0.840. The maximum Gasteiger partial charge on any atom is 0.271 e. The van der Waals surface area contributed by atoms with Gasteiger partial charge in [0.15, 0.2) is 0 Å². The molecule has 6 heteroatoms. The van der Waals surface area contributed by atoms with E-state index in [0.29, 0.717) is 0 Å². The second-order valence-electron chi connectivity index (χ2n) is 3.02. The van der Waals surface area contributed by atoms with Gasteiger partial charge in [0.2, 0.25) is 0 Å². The van der Waals surface area contributed by atoms with Crippen molar-refractivity contribution < 1.29 is 9.90 Å². The van der Waals surface area contributed by atoms with Gasteiger partial charge in [-0.25, -0.2) is 4.98 Å². The molecule has 0 aromatic carbocycles. The van der Waals surface area contributed by atoms with Crippen LogP contribution >= 0.6 is 23.2 Å². The van der Waals surface area contributed by atoms with E-state index >= 15 is 0 Å². The Morgan fingerprint density at radius 2 is 2.27 bits per heavy atom. The molecule has 1 aromatic rings. The number of nitrogens with zero attached hydrogens (tertiary/aromatic N) is 1. The summed E-state index contributed by atoms with van der Waals surface area (Å²) in [6.45, 7) is 1.71. The van der Waals surface area contributed by atoms with Gasteiger partial charge in [-0.2, -0.15) is 0 Å². The molecule has 0 aliphatic rings. The molecule has 0 saturated carbocycles. The zero-order valence-electron chi connectivity index (χ0n) is 8.00. The second-order valence-corrected chi connectivity index (χ2v) is 3.82. The molecule has 2 N–H and O–H groups in total. The van der Waals surface area contributed by atoms with Crippen molar-refractivity contribution in [1.82, 2.24) is 10.3 Å². The van der Waals surface area contributed by atoms with Crippen molar-refractivity contribution in [3.05, 3.63) is 28.0 Å². The summed E-state index contributed by atoms with van der Waals surface area (Å²) in [5, 5.41) is 11.9. The number of hydrogen-bond acceptors (Lipinski definition) is 3. The first-order chi connectivity index (χ1) is 7.00. The van der Waals surface area contributed by atoms with E-state index in [1.165, 1.54) is 12.1 Å². The zero-order valence-corrected chi connectivity index (χ0v) is 9.51. The number of aromatic nitrogens is 1. The van der Waals surface area contributed by atoms with Gasteiger partial charge in [0.25, 0.3) is 5.91 Å². The monoisotopic (exact) mass is 248 g/mol. The topological polar surface area (TPSA) is 62.2 Å². The van der Waals surface area contributed by atoms with Crippen LogP contribution in [-0.4, -0.2) is 28.6 Å². The molecule has 1 amide bonds. The molecule has 0 unspecified atom stereocenters. The molecule has 15 heavy (non-hydrogen) atoms. The van der Waals surface area contributed by atoms with E-state index in [1.54, 1.807) is 6.92 Å². The van der Waals surface area contributed by atoms with Gasteiger partial charge in [-0.1, -0.05) is 23.2 Å². The van der Waals surface area contributed by atoms with Crippen LogP contribution in [0.15, 0.2) is 12.1 Å². The molecule has 0 radical (unpaired) electrons. The molecule has 1 heterocycles. The molecule has 0 fully saturated rings. The fourth-order valence-electron chi connectivity index (χ4n) is 0.902. The average molecular weight is 249 g/mol. The van der Waals surface area contributed by atoms with Crippen LogP contribution in [0.4, 0.5) is 0 Å². The minimum Gasteiger partial charge on any atom is -0.392 e. The molecule has 0 bridgehead atoms. The summed E-state index contributed by atoms with van der Waals surface area (Å²) in [5.74, 6) is -0.455. The van der Waals surface area contributed by atoms with Crippen LogP contribution in [0.5, 0.6) is 0 Å². The van der Waals surface area contributed by atoms with Crippen molar-refractivity contribution in [3.8, 4) is 0 Å². The number of halogens is 2. The van der Waals surface area contributed by atoms with Crippen LogP contribution in [0.1, 0.15) is 17.4 Å². The number of rotatable bonds is 3. The molecule has 0 spiro atoms. The number of nitrogens with one attached hydrogen (secondary N) is 1. The van der Waals surface area contributed by atoms with E-state index in [9.17, 15) is 4.79 Å². The molecule has 1 aromatic heterocycles. The Bertz CT molecular complexity index is 369. The molecule has 1 rings (SSSR count). The highest BCUT2D eigenvalue weighted by Crippen LogP contribution is 2.16. The standard InChI is InChI=1S/C9H10Cl2N2O2/c1-5(14)4-12-9(15)8-6(10)2-3-7(11)13-8/h2-3,5,14H,4H2,1H3,(H,12,15)/t5-/m1/s1. The van der Waals surface area contributed by atoms with Crippen molar-refractivity contribution in [2.24, 2.45) is 0 Å². The van der Waals surface area contributed by atoms with Crippen LogP contribution in [0.2, 0.25) is 10.2 Å². The highest BCUT2D eigenvalue weighted by molar-refractivity contribution is 6.34. The predicted octanol–water partition coefficient (Wildman–Crippen LogP) is 1.50. The first-order valence-electron chi connectivity index (χ1n) is 4.29. The predicted molar refractivity (Wildman–Crippen MR) is 58.3 cm³/mol. The largest absolute Gasteiger partial charge is 0.392 e. The third-order valence-electron chi connectivity index (χ3n) is 1.59. The summed E-state index contributed by atoms with van der Waals surface area (Å²) < 4.78 is 0. The quantitative estimate of drug-likeness (QED) is 0.798. The van der Waals surface area contributed by atoms with Crippen molar-refractivity contribution in [2.45, 2.75) is 13.0 Å². The van der Waals surface area contributed by atoms with Gasteiger partial charge in [0.05, 0.1) is 11.1 Å². The smallest absolute Gasteiger partial charge is 0.271 e. The number of carbonyl (C=O) groups is 1. The van der Waals surface area contributed by atoms with E-state index < -0.39 is 12.0 Å². The molecule has 0 aliphatic heterocycles. The highest BCUT2D eigenvalue weighted by Gasteiger charge is 2.12. The lowest BCUT2D eigenvalue weighted by Crippen LogP contribution is -2.31. The zero-order chi connectivity index (χ0) is 11.4. The molecule has 0 saturated heterocycles. The molecule has 0 aliphatic carbocycles. The lowest BCUT2D eigenvalue weighted by atomic mass is 10.3. The van der Waals surface area contributed by atoms with Crippen molar-refractivity contribution in [3.63, 3.8) is 0 Å². The van der Waals surface area contributed by atoms with Crippen LogP contribution in [-0.2, 0) is 0 Å². The minimum absolute atomic E-state index is 0.0600. The number of hydrogen-bond donors (Lipinski definition) is 2. The van der Waals surface area contributed by atoms with Gasteiger partial charge in [0.1, 0.15) is 10.8 Å². The lowest BCUT2D eigenvalue weighted by molar-refractivity contribution is 0.0919. The summed E-state index contributed by atoms with van der Waals surface area (Å²) >= 11 is 11.4. The number of aliphatic hydroxyl groups is 1. The molecular formula is C9H10Cl2N2O2. The average Bonchev–Trinajstić information content (AvgIpc) is 2.18. The number of aliphatic hydroxyl groups excluding tert-OH is 1. The van der Waals surface area contributed by atoms with E-state index in [1.807, 2.05) is 0 Å². The highest BCUT2D eigenvalue weighted by atomic mass is 35.5. The van der Waals surface area contributed by atoms with Crippen LogP contribution in [0.3, 0.4) is 0 Å². The Kier molecular flexibility index (Phi) is 4.32. The molecule has 82 valence electrons. The van der Waals surface area contributed by atoms with Crippen molar-refractivity contribution in [2.75, 3.05) is 6.54 Å². The van der Waals surface area contributed by atoms with Crippen molar-refractivity contribution in [1.29, 1.82) is 0 Å². The first kappa shape index (κ1) is 12.2.